The Labute approximate surface area is 149 Å². The third kappa shape index (κ3) is 5.69. The molecule has 25 heavy (non-hydrogen) atoms. The summed E-state index contributed by atoms with van der Waals surface area (Å²) in [6.45, 7) is 1.84. The maximum absolute atomic E-state index is 12.2. The van der Waals surface area contributed by atoms with E-state index < -0.39 is 0 Å². The zero-order valence-electron chi connectivity index (χ0n) is 14.4. The van der Waals surface area contributed by atoms with Crippen molar-refractivity contribution in [1.82, 2.24) is 5.32 Å². The third-order valence-corrected chi connectivity index (χ3v) is 4.45. The van der Waals surface area contributed by atoms with Gasteiger partial charge in [0.1, 0.15) is 0 Å². The van der Waals surface area contributed by atoms with Crippen LogP contribution in [0.15, 0.2) is 60.7 Å². The van der Waals surface area contributed by atoms with E-state index >= 15 is 0 Å². The second kappa shape index (κ2) is 9.35. The Bertz CT molecular complexity index is 639. The van der Waals surface area contributed by atoms with Gasteiger partial charge in [-0.25, -0.2) is 0 Å². The second-order valence-electron chi connectivity index (χ2n) is 6.36. The molecule has 2 aromatic rings. The molecular weight excluding hydrogens is 314 g/mol. The van der Waals surface area contributed by atoms with Crippen LogP contribution in [0.3, 0.4) is 0 Å². The summed E-state index contributed by atoms with van der Waals surface area (Å²) >= 11 is 0. The van der Waals surface area contributed by atoms with Crippen molar-refractivity contribution in [2.45, 2.75) is 32.1 Å². The van der Waals surface area contributed by atoms with Crippen molar-refractivity contribution < 1.29 is 14.3 Å². The summed E-state index contributed by atoms with van der Waals surface area (Å²) in [5.41, 5.74) is 2.36. The van der Waals surface area contributed by atoms with Gasteiger partial charge in [-0.15, -0.1) is 0 Å². The summed E-state index contributed by atoms with van der Waals surface area (Å²) in [6.07, 6.45) is 1.88. The molecule has 4 nitrogen and oxygen atoms in total. The molecule has 0 bridgehead atoms. The summed E-state index contributed by atoms with van der Waals surface area (Å²) in [6, 6.07) is 20.3. The standard InChI is InChI=1S/C21H25NO3/c23-20(22-16-18-9-5-2-6-10-18)12-11-19(21-24-13-14-25-21)15-17-7-3-1-4-8-17/h1-10,19,21H,11-16H2,(H,22,23)/t19-/m1/s1. The van der Waals surface area contributed by atoms with Crippen molar-refractivity contribution in [1.29, 1.82) is 0 Å². The van der Waals surface area contributed by atoms with Crippen LogP contribution in [0.1, 0.15) is 24.0 Å². The fraction of sp³-hybridized carbons (Fsp3) is 0.381. The smallest absolute Gasteiger partial charge is 0.220 e. The maximum Gasteiger partial charge on any atom is 0.220 e. The summed E-state index contributed by atoms with van der Waals surface area (Å²) < 4.78 is 11.4. The molecule has 0 aromatic heterocycles. The minimum atomic E-state index is -0.206. The van der Waals surface area contributed by atoms with E-state index in [2.05, 4.69) is 17.4 Å². The average Bonchev–Trinajstić information content (AvgIpc) is 3.20. The van der Waals surface area contributed by atoms with Crippen LogP contribution in [0.25, 0.3) is 0 Å². The van der Waals surface area contributed by atoms with Crippen LogP contribution in [0, 0.1) is 5.92 Å². The zero-order valence-corrected chi connectivity index (χ0v) is 14.4. The molecule has 1 atom stereocenters. The highest BCUT2D eigenvalue weighted by atomic mass is 16.7. The molecule has 1 N–H and O–H groups in total. The van der Waals surface area contributed by atoms with E-state index in [0.717, 1.165) is 18.4 Å². The molecule has 1 fully saturated rings. The van der Waals surface area contributed by atoms with Gasteiger partial charge in [-0.05, 0) is 24.0 Å². The van der Waals surface area contributed by atoms with Crippen LogP contribution in [-0.2, 0) is 27.2 Å². The number of hydrogen-bond donors (Lipinski definition) is 1. The van der Waals surface area contributed by atoms with Gasteiger partial charge in [-0.1, -0.05) is 60.7 Å². The van der Waals surface area contributed by atoms with Crippen molar-refractivity contribution in [3.05, 3.63) is 71.8 Å². The first-order valence-electron chi connectivity index (χ1n) is 8.89. The van der Waals surface area contributed by atoms with E-state index in [0.29, 0.717) is 26.2 Å². The fourth-order valence-corrected chi connectivity index (χ4v) is 3.10. The van der Waals surface area contributed by atoms with E-state index in [1.54, 1.807) is 0 Å². The van der Waals surface area contributed by atoms with Gasteiger partial charge in [0, 0.05) is 18.9 Å². The average molecular weight is 339 g/mol. The molecule has 1 saturated heterocycles. The number of carbonyl (C=O) groups excluding carboxylic acids is 1. The first-order chi connectivity index (χ1) is 12.3. The Balaban J connectivity index is 1.50. The normalized spacial score (nSPS) is 15.8. The van der Waals surface area contributed by atoms with Crippen LogP contribution in [0.5, 0.6) is 0 Å². The molecule has 0 aliphatic carbocycles. The molecule has 0 saturated carbocycles. The predicted octanol–water partition coefficient (Wildman–Crippen LogP) is 3.31. The largest absolute Gasteiger partial charge is 0.352 e. The monoisotopic (exact) mass is 339 g/mol. The first kappa shape index (κ1) is 17.6. The molecule has 1 aliphatic heterocycles. The number of nitrogens with one attached hydrogen (secondary N) is 1. The lowest BCUT2D eigenvalue weighted by Crippen LogP contribution is -2.28. The lowest BCUT2D eigenvalue weighted by atomic mass is 9.94. The number of amides is 1. The van der Waals surface area contributed by atoms with Crippen molar-refractivity contribution >= 4 is 5.91 Å². The highest BCUT2D eigenvalue weighted by molar-refractivity contribution is 5.75. The van der Waals surface area contributed by atoms with E-state index in [1.165, 1.54) is 5.56 Å². The van der Waals surface area contributed by atoms with Gasteiger partial charge in [-0.2, -0.15) is 0 Å². The van der Waals surface area contributed by atoms with Crippen LogP contribution in [-0.4, -0.2) is 25.4 Å². The van der Waals surface area contributed by atoms with Gasteiger partial charge >= 0.3 is 0 Å². The van der Waals surface area contributed by atoms with Crippen molar-refractivity contribution in [2.24, 2.45) is 5.92 Å². The van der Waals surface area contributed by atoms with E-state index in [-0.39, 0.29) is 18.1 Å². The van der Waals surface area contributed by atoms with Crippen LogP contribution in [0.2, 0.25) is 0 Å². The van der Waals surface area contributed by atoms with Crippen LogP contribution < -0.4 is 5.32 Å². The van der Waals surface area contributed by atoms with E-state index in [1.807, 2.05) is 48.5 Å². The Hall–Kier alpha value is -2.17. The Morgan fingerprint density at radius 2 is 1.56 bits per heavy atom. The molecule has 1 amide bonds. The highest BCUT2D eigenvalue weighted by Crippen LogP contribution is 2.24. The minimum Gasteiger partial charge on any atom is -0.352 e. The molecule has 0 unspecified atom stereocenters. The number of rotatable bonds is 8. The molecule has 0 radical (unpaired) electrons. The second-order valence-corrected chi connectivity index (χ2v) is 6.36. The number of ether oxygens (including phenoxy) is 2. The van der Waals surface area contributed by atoms with Crippen molar-refractivity contribution in [2.75, 3.05) is 13.2 Å². The molecule has 2 aromatic carbocycles. The maximum atomic E-state index is 12.2. The fourth-order valence-electron chi connectivity index (χ4n) is 3.10. The van der Waals surface area contributed by atoms with Gasteiger partial charge < -0.3 is 14.8 Å². The summed E-state index contributed by atoms with van der Waals surface area (Å²) in [5.74, 6) is 0.257. The summed E-state index contributed by atoms with van der Waals surface area (Å²) in [5, 5.41) is 2.99. The molecular formula is C21H25NO3. The number of carbonyl (C=O) groups is 1. The summed E-state index contributed by atoms with van der Waals surface area (Å²) in [7, 11) is 0. The minimum absolute atomic E-state index is 0.0694. The van der Waals surface area contributed by atoms with Gasteiger partial charge in [0.15, 0.2) is 6.29 Å². The predicted molar refractivity (Wildman–Crippen MR) is 96.9 cm³/mol. The van der Waals surface area contributed by atoms with Crippen LogP contribution >= 0.6 is 0 Å². The van der Waals surface area contributed by atoms with E-state index in [4.69, 9.17) is 9.47 Å². The zero-order chi connectivity index (χ0) is 17.3. The lowest BCUT2D eigenvalue weighted by Gasteiger charge is -2.22. The Kier molecular flexibility index (Phi) is 6.60. The number of hydrogen-bond acceptors (Lipinski definition) is 3. The number of benzene rings is 2. The molecule has 132 valence electrons. The van der Waals surface area contributed by atoms with E-state index in [9.17, 15) is 4.79 Å². The van der Waals surface area contributed by atoms with Gasteiger partial charge in [-0.3, -0.25) is 4.79 Å². The molecule has 1 heterocycles. The lowest BCUT2D eigenvalue weighted by molar-refractivity contribution is -0.123. The molecule has 1 aliphatic rings. The Morgan fingerprint density at radius 3 is 2.20 bits per heavy atom. The van der Waals surface area contributed by atoms with Crippen LogP contribution in [0.4, 0.5) is 0 Å². The molecule has 4 heteroatoms. The van der Waals surface area contributed by atoms with Gasteiger partial charge in [0.2, 0.25) is 5.91 Å². The summed E-state index contributed by atoms with van der Waals surface area (Å²) in [4.78, 5) is 12.2. The Morgan fingerprint density at radius 1 is 0.960 bits per heavy atom. The topological polar surface area (TPSA) is 47.6 Å². The van der Waals surface area contributed by atoms with Crippen molar-refractivity contribution in [3.8, 4) is 0 Å². The first-order valence-corrected chi connectivity index (χ1v) is 8.89. The van der Waals surface area contributed by atoms with Crippen molar-refractivity contribution in [3.63, 3.8) is 0 Å². The van der Waals surface area contributed by atoms with Gasteiger partial charge in [0.25, 0.3) is 0 Å². The highest BCUT2D eigenvalue weighted by Gasteiger charge is 2.27. The quantitative estimate of drug-likeness (QED) is 0.803. The molecule has 3 rings (SSSR count). The SMILES string of the molecule is O=C(CC[C@H](Cc1ccccc1)C1OCCO1)NCc1ccccc1. The van der Waals surface area contributed by atoms with Gasteiger partial charge in [0.05, 0.1) is 13.2 Å². The molecule has 0 spiro atoms. The third-order valence-electron chi connectivity index (χ3n) is 4.45.